The Balaban J connectivity index is 2.19. The van der Waals surface area contributed by atoms with Crippen LogP contribution in [0.5, 0.6) is 0 Å². The van der Waals surface area contributed by atoms with Crippen molar-refractivity contribution in [3.63, 3.8) is 0 Å². The second kappa shape index (κ2) is 2.07. The summed E-state index contributed by atoms with van der Waals surface area (Å²) in [5.41, 5.74) is 3.75. The molecule has 3 aliphatic rings. The van der Waals surface area contributed by atoms with Crippen LogP contribution in [0.15, 0.2) is 41.9 Å². The molecule has 0 amide bonds. The van der Waals surface area contributed by atoms with Crippen molar-refractivity contribution in [3.8, 4) is 0 Å². The first-order chi connectivity index (χ1) is 5.95. The van der Waals surface area contributed by atoms with Crippen LogP contribution in [-0.4, -0.2) is 12.1 Å². The molecule has 5 heteroatoms. The van der Waals surface area contributed by atoms with Crippen molar-refractivity contribution in [2.75, 3.05) is 0 Å². The molecule has 0 spiro atoms. The summed E-state index contributed by atoms with van der Waals surface area (Å²) in [4.78, 5) is 8.24. The second-order valence-electron chi connectivity index (χ2n) is 2.58. The van der Waals surface area contributed by atoms with Gasteiger partial charge < -0.3 is 0 Å². The molecule has 3 rings (SSSR count). The quantitative estimate of drug-likeness (QED) is 0.536. The van der Waals surface area contributed by atoms with Crippen LogP contribution in [-0.2, 0) is 11.4 Å². The van der Waals surface area contributed by atoms with E-state index >= 15 is 0 Å². The van der Waals surface area contributed by atoms with Gasteiger partial charge in [0.2, 0.25) is 0 Å². The van der Waals surface area contributed by atoms with Crippen LogP contribution >= 0.6 is 0 Å². The highest BCUT2D eigenvalue weighted by Gasteiger charge is 2.24. The largest absolute Gasteiger partial charge is 0.235 e. The first-order valence-electron chi connectivity index (χ1n) is 3.58. The molecular formula is C7H4N4S. The molecular weight excluding hydrogens is 172 g/mol. The SMILES string of the molecule is C1=NC2=CCC3=C(N=S=N3)C2=N1. The average molecular weight is 176 g/mol. The molecule has 58 valence electrons. The van der Waals surface area contributed by atoms with Gasteiger partial charge in [0.1, 0.15) is 17.7 Å². The lowest BCUT2D eigenvalue weighted by Crippen LogP contribution is -2.06. The number of allylic oxidation sites excluding steroid dienone is 1. The van der Waals surface area contributed by atoms with Gasteiger partial charge in [0.15, 0.2) is 0 Å². The summed E-state index contributed by atoms with van der Waals surface area (Å²) in [6.45, 7) is 0. The van der Waals surface area contributed by atoms with Gasteiger partial charge in [-0.15, -0.1) is 0 Å². The van der Waals surface area contributed by atoms with Crippen molar-refractivity contribution in [2.45, 2.75) is 6.42 Å². The van der Waals surface area contributed by atoms with E-state index in [0.29, 0.717) is 0 Å². The zero-order chi connectivity index (χ0) is 7.97. The minimum atomic E-state index is 0.831. The van der Waals surface area contributed by atoms with Crippen molar-refractivity contribution in [3.05, 3.63) is 23.2 Å². The van der Waals surface area contributed by atoms with E-state index in [0.717, 1.165) is 29.2 Å². The van der Waals surface area contributed by atoms with Gasteiger partial charge >= 0.3 is 0 Å². The lowest BCUT2D eigenvalue weighted by atomic mass is 10.0. The van der Waals surface area contributed by atoms with Crippen molar-refractivity contribution in [1.82, 2.24) is 0 Å². The second-order valence-corrected chi connectivity index (χ2v) is 3.10. The maximum atomic E-state index is 4.18. The summed E-state index contributed by atoms with van der Waals surface area (Å²) in [5.74, 6) is 0. The van der Waals surface area contributed by atoms with Crippen LogP contribution in [0.4, 0.5) is 0 Å². The van der Waals surface area contributed by atoms with E-state index in [-0.39, 0.29) is 0 Å². The highest BCUT2D eigenvalue weighted by atomic mass is 32.1. The Bertz CT molecular complexity index is 446. The van der Waals surface area contributed by atoms with Crippen LogP contribution in [0.3, 0.4) is 0 Å². The number of fused-ring (bicyclic) bond motifs is 2. The van der Waals surface area contributed by atoms with Crippen molar-refractivity contribution in [2.24, 2.45) is 18.7 Å². The number of nitrogens with zero attached hydrogens (tertiary/aromatic N) is 4. The van der Waals surface area contributed by atoms with Gasteiger partial charge in [0.05, 0.1) is 22.7 Å². The summed E-state index contributed by atoms with van der Waals surface area (Å²) in [6, 6.07) is 0. The van der Waals surface area contributed by atoms with Crippen LogP contribution in [0, 0.1) is 0 Å². The fourth-order valence-corrected chi connectivity index (χ4v) is 1.90. The predicted molar refractivity (Wildman–Crippen MR) is 47.9 cm³/mol. The van der Waals surface area contributed by atoms with Crippen LogP contribution in [0.2, 0.25) is 0 Å². The highest BCUT2D eigenvalue weighted by molar-refractivity contribution is 7.57. The Kier molecular flexibility index (Phi) is 1.07. The van der Waals surface area contributed by atoms with Crippen LogP contribution < -0.4 is 0 Å². The number of hydrogen-bond acceptors (Lipinski definition) is 4. The third-order valence-electron chi connectivity index (χ3n) is 1.90. The molecule has 2 aliphatic heterocycles. The maximum Gasteiger partial charge on any atom is 0.128 e. The molecule has 0 aromatic heterocycles. The Morgan fingerprint density at radius 1 is 1.33 bits per heavy atom. The van der Waals surface area contributed by atoms with E-state index in [4.69, 9.17) is 0 Å². The molecule has 0 unspecified atom stereocenters. The van der Waals surface area contributed by atoms with E-state index in [1.54, 1.807) is 6.34 Å². The van der Waals surface area contributed by atoms with Crippen LogP contribution in [0.25, 0.3) is 0 Å². The molecule has 0 fully saturated rings. The molecule has 0 aromatic rings. The summed E-state index contributed by atoms with van der Waals surface area (Å²) in [5, 5.41) is 0. The number of aliphatic imine (C=N–C) groups is 2. The van der Waals surface area contributed by atoms with E-state index in [2.05, 4.69) is 18.7 Å². The lowest BCUT2D eigenvalue weighted by molar-refractivity contribution is 1.12. The van der Waals surface area contributed by atoms with E-state index in [9.17, 15) is 0 Å². The molecule has 0 bridgehead atoms. The standard InChI is InChI=1S/C7H4N4S/c1-2-5-7(11-12-10-5)6-4(1)8-3-9-6/h1,3H,2H2. The molecule has 0 N–H and O–H groups in total. The number of hydrogen-bond donors (Lipinski definition) is 0. The predicted octanol–water partition coefficient (Wildman–Crippen LogP) is 1.43. The first-order valence-corrected chi connectivity index (χ1v) is 4.31. The van der Waals surface area contributed by atoms with E-state index in [1.165, 1.54) is 11.4 Å². The molecule has 4 nitrogen and oxygen atoms in total. The molecule has 0 atom stereocenters. The van der Waals surface area contributed by atoms with Gasteiger partial charge in [-0.2, -0.15) is 8.73 Å². The summed E-state index contributed by atoms with van der Waals surface area (Å²) < 4.78 is 8.35. The van der Waals surface area contributed by atoms with Gasteiger partial charge in [-0.3, -0.25) is 0 Å². The molecule has 2 heterocycles. The average Bonchev–Trinajstić information content (AvgIpc) is 2.71. The third kappa shape index (κ3) is 0.660. The third-order valence-corrected chi connectivity index (χ3v) is 2.46. The fraction of sp³-hybridized carbons (Fsp3) is 0.143. The zero-order valence-electron chi connectivity index (χ0n) is 6.06. The topological polar surface area (TPSA) is 49.4 Å². The zero-order valence-corrected chi connectivity index (χ0v) is 6.88. The minimum absolute atomic E-state index is 0.831. The smallest absolute Gasteiger partial charge is 0.128 e. The van der Waals surface area contributed by atoms with Gasteiger partial charge in [0.25, 0.3) is 0 Å². The van der Waals surface area contributed by atoms with Gasteiger partial charge in [-0.05, 0) is 0 Å². The fourth-order valence-electron chi connectivity index (χ4n) is 1.32. The molecule has 0 aromatic carbocycles. The van der Waals surface area contributed by atoms with Gasteiger partial charge in [0, 0.05) is 6.42 Å². The first kappa shape index (κ1) is 6.19. The van der Waals surface area contributed by atoms with Gasteiger partial charge in [-0.25, -0.2) is 9.98 Å². The molecule has 0 saturated carbocycles. The maximum absolute atomic E-state index is 4.18. The lowest BCUT2D eigenvalue weighted by Gasteiger charge is -2.07. The summed E-state index contributed by atoms with van der Waals surface area (Å²) in [6.07, 6.45) is 4.43. The van der Waals surface area contributed by atoms with Gasteiger partial charge in [-0.1, -0.05) is 6.08 Å². The molecule has 12 heavy (non-hydrogen) atoms. The van der Waals surface area contributed by atoms with Crippen molar-refractivity contribution < 1.29 is 0 Å². The van der Waals surface area contributed by atoms with Crippen molar-refractivity contribution in [1.29, 1.82) is 0 Å². The minimum Gasteiger partial charge on any atom is -0.235 e. The molecule has 0 saturated heterocycles. The Hall–Kier alpha value is -1.36. The normalized spacial score (nSPS) is 23.3. The number of rotatable bonds is 0. The monoisotopic (exact) mass is 176 g/mol. The van der Waals surface area contributed by atoms with E-state index in [1.807, 2.05) is 6.08 Å². The Morgan fingerprint density at radius 3 is 3.33 bits per heavy atom. The molecule has 1 aliphatic carbocycles. The highest BCUT2D eigenvalue weighted by Crippen LogP contribution is 2.29. The summed E-state index contributed by atoms with van der Waals surface area (Å²) >= 11 is 1.23. The van der Waals surface area contributed by atoms with Crippen LogP contribution in [0.1, 0.15) is 6.42 Å². The molecule has 0 radical (unpaired) electrons. The van der Waals surface area contributed by atoms with E-state index < -0.39 is 0 Å². The van der Waals surface area contributed by atoms with Crippen molar-refractivity contribution >= 4 is 23.4 Å². The Labute approximate surface area is 72.3 Å². The summed E-state index contributed by atoms with van der Waals surface area (Å²) in [7, 11) is 0. The Morgan fingerprint density at radius 2 is 2.33 bits per heavy atom.